The summed E-state index contributed by atoms with van der Waals surface area (Å²) in [5.41, 5.74) is 1.04. The number of amides is 2. The summed E-state index contributed by atoms with van der Waals surface area (Å²) in [6, 6.07) is 5.45. The number of carbonyl (C=O) groups is 2. The Hall–Kier alpha value is -2.12. The van der Waals surface area contributed by atoms with Gasteiger partial charge in [-0.15, -0.1) is 0 Å². The smallest absolute Gasteiger partial charge is 0.257 e. The topological polar surface area (TPSA) is 71.1 Å². The Morgan fingerprint density at radius 2 is 2.00 bits per heavy atom. The van der Waals surface area contributed by atoms with Crippen LogP contribution >= 0.6 is 0 Å². The second kappa shape index (κ2) is 11.3. The molecule has 1 aliphatic rings. The molecular formula is C23H37N3O4. The first-order valence-corrected chi connectivity index (χ1v) is 10.9. The van der Waals surface area contributed by atoms with Crippen LogP contribution in [0.4, 0.5) is 5.69 Å². The van der Waals surface area contributed by atoms with Gasteiger partial charge in [0, 0.05) is 45.4 Å². The zero-order chi connectivity index (χ0) is 22.3. The lowest BCUT2D eigenvalue weighted by atomic mass is 10.0. The molecule has 3 atom stereocenters. The number of methoxy groups -OCH3 is 1. The summed E-state index contributed by atoms with van der Waals surface area (Å²) in [6.07, 6.45) is 1.36. The van der Waals surface area contributed by atoms with Crippen LogP contribution in [0.25, 0.3) is 0 Å². The minimum Gasteiger partial charge on any atom is -0.491 e. The standard InChI is InChI=1S/C23H37N3O4/c1-7-11-26-13-16(3)21(29-6)14-25(5)23(28)19-12-18(24-22(27)8-2)9-10-20(19)30-15-17(26)4/h9-10,12,16-17,21H,7-8,11,13-15H2,1-6H3,(H,24,27)/t16-,17-,21+/m1/s1. The van der Waals surface area contributed by atoms with Gasteiger partial charge in [0.2, 0.25) is 5.91 Å². The van der Waals surface area contributed by atoms with Crippen LogP contribution in [0.3, 0.4) is 0 Å². The molecule has 0 aliphatic carbocycles. The summed E-state index contributed by atoms with van der Waals surface area (Å²) in [5, 5.41) is 2.82. The maximum Gasteiger partial charge on any atom is 0.257 e. The van der Waals surface area contributed by atoms with E-state index in [1.807, 2.05) is 0 Å². The number of hydrogen-bond acceptors (Lipinski definition) is 5. The molecule has 0 radical (unpaired) electrons. The van der Waals surface area contributed by atoms with Gasteiger partial charge in [0.15, 0.2) is 0 Å². The van der Waals surface area contributed by atoms with E-state index < -0.39 is 0 Å². The van der Waals surface area contributed by atoms with Crippen LogP contribution in [0.15, 0.2) is 18.2 Å². The lowest BCUT2D eigenvalue weighted by molar-refractivity contribution is -0.115. The molecule has 30 heavy (non-hydrogen) atoms. The van der Waals surface area contributed by atoms with Gasteiger partial charge < -0.3 is 19.7 Å². The highest BCUT2D eigenvalue weighted by atomic mass is 16.5. The summed E-state index contributed by atoms with van der Waals surface area (Å²) in [6.45, 7) is 11.1. The molecule has 0 unspecified atom stereocenters. The number of ether oxygens (including phenoxy) is 2. The quantitative estimate of drug-likeness (QED) is 0.793. The van der Waals surface area contributed by atoms with E-state index in [-0.39, 0.29) is 29.9 Å². The van der Waals surface area contributed by atoms with E-state index in [2.05, 4.69) is 31.0 Å². The molecule has 0 bridgehead atoms. The van der Waals surface area contributed by atoms with E-state index in [0.717, 1.165) is 19.5 Å². The minimum atomic E-state index is -0.148. The van der Waals surface area contributed by atoms with E-state index in [4.69, 9.17) is 9.47 Å². The summed E-state index contributed by atoms with van der Waals surface area (Å²) < 4.78 is 11.9. The van der Waals surface area contributed by atoms with Gasteiger partial charge in [-0.05, 0) is 44.0 Å². The van der Waals surface area contributed by atoms with Gasteiger partial charge in [-0.2, -0.15) is 0 Å². The molecule has 1 aliphatic heterocycles. The Morgan fingerprint density at radius 1 is 1.27 bits per heavy atom. The number of benzene rings is 1. The molecule has 0 fully saturated rings. The predicted molar refractivity (Wildman–Crippen MR) is 119 cm³/mol. The van der Waals surface area contributed by atoms with Crippen molar-refractivity contribution in [3.63, 3.8) is 0 Å². The third-order valence-electron chi connectivity index (χ3n) is 5.69. The second-order valence-electron chi connectivity index (χ2n) is 8.20. The van der Waals surface area contributed by atoms with Crippen molar-refractivity contribution in [2.45, 2.75) is 52.7 Å². The number of fused-ring (bicyclic) bond motifs is 1. The van der Waals surface area contributed by atoms with Crippen molar-refractivity contribution in [2.24, 2.45) is 5.92 Å². The second-order valence-corrected chi connectivity index (χ2v) is 8.20. The largest absolute Gasteiger partial charge is 0.491 e. The van der Waals surface area contributed by atoms with Crippen molar-refractivity contribution in [2.75, 3.05) is 45.7 Å². The molecule has 0 saturated heterocycles. The molecule has 1 heterocycles. The maximum absolute atomic E-state index is 13.2. The van der Waals surface area contributed by atoms with E-state index in [1.54, 1.807) is 44.2 Å². The van der Waals surface area contributed by atoms with Gasteiger partial charge >= 0.3 is 0 Å². The fourth-order valence-corrected chi connectivity index (χ4v) is 3.78. The Labute approximate surface area is 180 Å². The van der Waals surface area contributed by atoms with Crippen LogP contribution in [0.1, 0.15) is 50.9 Å². The molecule has 0 spiro atoms. The Kier molecular flexibility index (Phi) is 9.11. The van der Waals surface area contributed by atoms with E-state index in [0.29, 0.717) is 36.6 Å². The zero-order valence-electron chi connectivity index (χ0n) is 19.2. The molecule has 1 aromatic carbocycles. The van der Waals surface area contributed by atoms with Crippen molar-refractivity contribution < 1.29 is 19.1 Å². The van der Waals surface area contributed by atoms with E-state index >= 15 is 0 Å². The summed E-state index contributed by atoms with van der Waals surface area (Å²) in [4.78, 5) is 29.1. The minimum absolute atomic E-state index is 0.0720. The van der Waals surface area contributed by atoms with Crippen molar-refractivity contribution in [3.8, 4) is 5.75 Å². The molecule has 2 amide bonds. The Morgan fingerprint density at radius 3 is 2.63 bits per heavy atom. The fourth-order valence-electron chi connectivity index (χ4n) is 3.78. The van der Waals surface area contributed by atoms with Crippen LogP contribution in [-0.2, 0) is 9.53 Å². The molecular weight excluding hydrogens is 382 g/mol. The highest BCUT2D eigenvalue weighted by Crippen LogP contribution is 2.26. The fraction of sp³-hybridized carbons (Fsp3) is 0.652. The van der Waals surface area contributed by atoms with Crippen LogP contribution in [-0.4, -0.2) is 74.2 Å². The van der Waals surface area contributed by atoms with Crippen LogP contribution in [0.2, 0.25) is 0 Å². The average molecular weight is 420 g/mol. The van der Waals surface area contributed by atoms with Gasteiger partial charge in [-0.3, -0.25) is 14.5 Å². The van der Waals surface area contributed by atoms with E-state index in [9.17, 15) is 9.59 Å². The molecule has 1 N–H and O–H groups in total. The third-order valence-corrected chi connectivity index (χ3v) is 5.69. The van der Waals surface area contributed by atoms with Crippen molar-refractivity contribution >= 4 is 17.5 Å². The number of nitrogens with zero attached hydrogens (tertiary/aromatic N) is 2. The first-order chi connectivity index (χ1) is 14.3. The number of likely N-dealkylation sites (N-methyl/N-ethyl adjacent to an activating group) is 1. The molecule has 2 rings (SSSR count). The van der Waals surface area contributed by atoms with Gasteiger partial charge in [-0.25, -0.2) is 0 Å². The van der Waals surface area contributed by atoms with Crippen LogP contribution < -0.4 is 10.1 Å². The molecule has 7 heteroatoms. The molecule has 1 aromatic rings. The van der Waals surface area contributed by atoms with E-state index in [1.165, 1.54) is 0 Å². The van der Waals surface area contributed by atoms with Gasteiger partial charge in [0.1, 0.15) is 12.4 Å². The SMILES string of the molecule is CCCN1C[C@@H](C)[C@@H](OC)CN(C)C(=O)c2cc(NC(=O)CC)ccc2OC[C@H]1C. The van der Waals surface area contributed by atoms with Gasteiger partial charge in [0.05, 0.1) is 11.7 Å². The highest BCUT2D eigenvalue weighted by molar-refractivity contribution is 5.99. The number of carbonyl (C=O) groups excluding carboxylic acids is 2. The monoisotopic (exact) mass is 419 g/mol. The third kappa shape index (κ3) is 6.19. The molecule has 0 aromatic heterocycles. The van der Waals surface area contributed by atoms with Crippen molar-refractivity contribution in [1.29, 1.82) is 0 Å². The molecule has 0 saturated carbocycles. The van der Waals surface area contributed by atoms with Crippen LogP contribution in [0.5, 0.6) is 5.75 Å². The Bertz CT molecular complexity index is 724. The van der Waals surface area contributed by atoms with Crippen molar-refractivity contribution in [1.82, 2.24) is 9.80 Å². The van der Waals surface area contributed by atoms with Crippen molar-refractivity contribution in [3.05, 3.63) is 23.8 Å². The normalized spacial score (nSPS) is 23.7. The summed E-state index contributed by atoms with van der Waals surface area (Å²) in [5.74, 6) is 0.549. The molecule has 168 valence electrons. The predicted octanol–water partition coefficient (Wildman–Crippen LogP) is 3.25. The lowest BCUT2D eigenvalue weighted by Gasteiger charge is -2.35. The van der Waals surface area contributed by atoms with Gasteiger partial charge in [-0.1, -0.05) is 20.8 Å². The highest BCUT2D eigenvalue weighted by Gasteiger charge is 2.28. The van der Waals surface area contributed by atoms with Gasteiger partial charge in [0.25, 0.3) is 5.91 Å². The molecule has 7 nitrogen and oxygen atoms in total. The Balaban J connectivity index is 2.40. The lowest BCUT2D eigenvalue weighted by Crippen LogP contribution is -2.46. The summed E-state index contributed by atoms with van der Waals surface area (Å²) >= 11 is 0. The first kappa shape index (κ1) is 24.2. The first-order valence-electron chi connectivity index (χ1n) is 10.9. The number of hydrogen-bond donors (Lipinski definition) is 1. The zero-order valence-corrected chi connectivity index (χ0v) is 19.2. The number of nitrogens with one attached hydrogen (secondary N) is 1. The van der Waals surface area contributed by atoms with Crippen LogP contribution in [0, 0.1) is 5.92 Å². The summed E-state index contributed by atoms with van der Waals surface area (Å²) in [7, 11) is 3.48. The average Bonchev–Trinajstić information content (AvgIpc) is 2.74. The number of anilines is 1. The number of rotatable bonds is 5. The maximum atomic E-state index is 13.2.